The van der Waals surface area contributed by atoms with E-state index in [1.807, 2.05) is 13.8 Å². The fraction of sp³-hybridized carbons (Fsp3) is 0.538. The summed E-state index contributed by atoms with van der Waals surface area (Å²) in [4.78, 5) is 0. The lowest BCUT2D eigenvalue weighted by atomic mass is 9.98. The van der Waals surface area contributed by atoms with Crippen molar-refractivity contribution >= 4 is 0 Å². The zero-order valence-corrected chi connectivity index (χ0v) is 10.3. The lowest BCUT2D eigenvalue weighted by molar-refractivity contribution is -0.143. The standard InChI is InChI=1S/C13H12F6/c1-11(2)6-10(11)7-3-8(12(14,15)16)5-9(4-7)13(17,18)19/h3-5,10H,6H2,1-2H3. The van der Waals surface area contributed by atoms with E-state index in [9.17, 15) is 26.3 Å². The molecule has 0 heterocycles. The molecule has 0 spiro atoms. The first-order chi connectivity index (χ1) is 8.41. The molecular formula is C13H12F6. The Kier molecular flexibility index (Phi) is 2.92. The summed E-state index contributed by atoms with van der Waals surface area (Å²) in [5.74, 6) is -0.240. The maximum atomic E-state index is 12.6. The molecule has 1 fully saturated rings. The molecule has 1 aromatic rings. The molecule has 1 aromatic carbocycles. The Morgan fingerprint density at radius 1 is 0.895 bits per heavy atom. The van der Waals surface area contributed by atoms with Crippen LogP contribution in [0.2, 0.25) is 0 Å². The second-order valence-corrected chi connectivity index (χ2v) is 5.58. The number of halogens is 6. The maximum Gasteiger partial charge on any atom is 0.416 e. The van der Waals surface area contributed by atoms with Gasteiger partial charge in [0.05, 0.1) is 11.1 Å². The van der Waals surface area contributed by atoms with Gasteiger partial charge in [-0.3, -0.25) is 0 Å². The molecule has 1 aliphatic rings. The number of hydrogen-bond acceptors (Lipinski definition) is 0. The second kappa shape index (κ2) is 3.90. The third-order valence-electron chi connectivity index (χ3n) is 3.53. The van der Waals surface area contributed by atoms with E-state index in [0.29, 0.717) is 6.42 Å². The van der Waals surface area contributed by atoms with Crippen molar-refractivity contribution in [2.24, 2.45) is 5.41 Å². The molecular weight excluding hydrogens is 270 g/mol. The van der Waals surface area contributed by atoms with Crippen LogP contribution in [-0.4, -0.2) is 0 Å². The van der Waals surface area contributed by atoms with E-state index >= 15 is 0 Å². The molecule has 0 bridgehead atoms. The summed E-state index contributed by atoms with van der Waals surface area (Å²) in [5, 5.41) is 0. The van der Waals surface area contributed by atoms with Gasteiger partial charge in [-0.05, 0) is 41.5 Å². The number of hydrogen-bond donors (Lipinski definition) is 0. The minimum atomic E-state index is -4.77. The van der Waals surface area contributed by atoms with Crippen molar-refractivity contribution in [3.8, 4) is 0 Å². The fourth-order valence-corrected chi connectivity index (χ4v) is 2.22. The monoisotopic (exact) mass is 282 g/mol. The Labute approximate surface area is 106 Å². The summed E-state index contributed by atoms with van der Waals surface area (Å²) in [5.41, 5.74) is -2.58. The fourth-order valence-electron chi connectivity index (χ4n) is 2.22. The molecule has 1 aliphatic carbocycles. The predicted octanol–water partition coefficient (Wildman–Crippen LogP) is 5.24. The van der Waals surface area contributed by atoms with Gasteiger partial charge < -0.3 is 0 Å². The normalized spacial score (nSPS) is 22.4. The van der Waals surface area contributed by atoms with Crippen molar-refractivity contribution in [2.75, 3.05) is 0 Å². The SMILES string of the molecule is CC1(C)CC1c1cc(C(F)(F)F)cc(C(F)(F)F)c1. The highest BCUT2D eigenvalue weighted by molar-refractivity contribution is 5.39. The summed E-state index contributed by atoms with van der Waals surface area (Å²) >= 11 is 0. The largest absolute Gasteiger partial charge is 0.416 e. The first-order valence-corrected chi connectivity index (χ1v) is 5.71. The third-order valence-corrected chi connectivity index (χ3v) is 3.53. The van der Waals surface area contributed by atoms with Crippen LogP contribution in [0.4, 0.5) is 26.3 Å². The molecule has 0 radical (unpaired) electrons. The summed E-state index contributed by atoms with van der Waals surface area (Å²) in [7, 11) is 0. The van der Waals surface area contributed by atoms with Crippen molar-refractivity contribution in [3.63, 3.8) is 0 Å². The van der Waals surface area contributed by atoms with Crippen LogP contribution in [-0.2, 0) is 12.4 Å². The molecule has 1 saturated carbocycles. The van der Waals surface area contributed by atoms with E-state index in [2.05, 4.69) is 0 Å². The number of benzene rings is 1. The zero-order valence-electron chi connectivity index (χ0n) is 10.3. The van der Waals surface area contributed by atoms with E-state index in [1.54, 1.807) is 0 Å². The molecule has 0 saturated heterocycles. The minimum absolute atomic E-state index is 0.118. The van der Waals surface area contributed by atoms with E-state index in [0.717, 1.165) is 12.1 Å². The van der Waals surface area contributed by atoms with Gasteiger partial charge in [0.2, 0.25) is 0 Å². The highest BCUT2D eigenvalue weighted by Crippen LogP contribution is 2.59. The van der Waals surface area contributed by atoms with Gasteiger partial charge in [0.25, 0.3) is 0 Å². The second-order valence-electron chi connectivity index (χ2n) is 5.58. The molecule has 6 heteroatoms. The summed E-state index contributed by atoms with van der Waals surface area (Å²) in [6, 6.07) is 1.82. The van der Waals surface area contributed by atoms with Crippen LogP contribution in [0.25, 0.3) is 0 Å². The molecule has 1 atom stereocenters. The van der Waals surface area contributed by atoms with E-state index < -0.39 is 23.5 Å². The number of rotatable bonds is 1. The lowest BCUT2D eigenvalue weighted by Crippen LogP contribution is -2.12. The summed E-state index contributed by atoms with van der Waals surface area (Å²) < 4.78 is 75.9. The molecule has 106 valence electrons. The molecule has 19 heavy (non-hydrogen) atoms. The maximum absolute atomic E-state index is 12.6. The quantitative estimate of drug-likeness (QED) is 0.618. The smallest absolute Gasteiger partial charge is 0.166 e. The van der Waals surface area contributed by atoms with Crippen LogP contribution in [0.3, 0.4) is 0 Å². The van der Waals surface area contributed by atoms with Gasteiger partial charge in [0.15, 0.2) is 0 Å². The van der Waals surface area contributed by atoms with E-state index in [4.69, 9.17) is 0 Å². The Bertz CT molecular complexity index is 463. The van der Waals surface area contributed by atoms with Crippen LogP contribution in [0, 0.1) is 5.41 Å². The topological polar surface area (TPSA) is 0 Å². The van der Waals surface area contributed by atoms with Gasteiger partial charge in [-0.15, -0.1) is 0 Å². The molecule has 0 aromatic heterocycles. The molecule has 0 amide bonds. The average molecular weight is 282 g/mol. The third kappa shape index (κ3) is 2.87. The van der Waals surface area contributed by atoms with Gasteiger partial charge >= 0.3 is 12.4 Å². The molecule has 0 N–H and O–H groups in total. The van der Waals surface area contributed by atoms with Crippen LogP contribution >= 0.6 is 0 Å². The van der Waals surface area contributed by atoms with Gasteiger partial charge in [0.1, 0.15) is 0 Å². The highest BCUT2D eigenvalue weighted by atomic mass is 19.4. The Morgan fingerprint density at radius 2 is 1.26 bits per heavy atom. The first-order valence-electron chi connectivity index (χ1n) is 5.71. The van der Waals surface area contributed by atoms with Gasteiger partial charge in [0, 0.05) is 0 Å². The molecule has 0 aliphatic heterocycles. The van der Waals surface area contributed by atoms with Crippen molar-refractivity contribution < 1.29 is 26.3 Å². The van der Waals surface area contributed by atoms with Crippen molar-refractivity contribution in [1.29, 1.82) is 0 Å². The lowest BCUT2D eigenvalue weighted by Gasteiger charge is -2.15. The van der Waals surface area contributed by atoms with Crippen LogP contribution in [0.1, 0.15) is 42.9 Å². The Balaban J connectivity index is 2.51. The van der Waals surface area contributed by atoms with Crippen LogP contribution in [0.5, 0.6) is 0 Å². The van der Waals surface area contributed by atoms with Crippen molar-refractivity contribution in [3.05, 3.63) is 34.9 Å². The first kappa shape index (κ1) is 14.2. The van der Waals surface area contributed by atoms with Crippen molar-refractivity contribution in [1.82, 2.24) is 0 Å². The Morgan fingerprint density at radius 3 is 1.53 bits per heavy atom. The minimum Gasteiger partial charge on any atom is -0.166 e. The molecule has 0 nitrogen and oxygen atoms in total. The van der Waals surface area contributed by atoms with Crippen molar-refractivity contribution in [2.45, 2.75) is 38.5 Å². The highest BCUT2D eigenvalue weighted by Gasteiger charge is 2.48. The van der Waals surface area contributed by atoms with E-state index in [-0.39, 0.29) is 23.0 Å². The molecule has 2 rings (SSSR count). The van der Waals surface area contributed by atoms with Gasteiger partial charge in [-0.25, -0.2) is 0 Å². The van der Waals surface area contributed by atoms with Crippen LogP contribution < -0.4 is 0 Å². The average Bonchev–Trinajstić information content (AvgIpc) is 2.84. The molecule has 1 unspecified atom stereocenters. The number of alkyl halides is 6. The van der Waals surface area contributed by atoms with Gasteiger partial charge in [-0.2, -0.15) is 26.3 Å². The zero-order chi connectivity index (χ0) is 14.6. The van der Waals surface area contributed by atoms with Crippen LogP contribution in [0.15, 0.2) is 18.2 Å². The van der Waals surface area contributed by atoms with E-state index in [1.165, 1.54) is 0 Å². The predicted molar refractivity (Wildman–Crippen MR) is 57.6 cm³/mol. The summed E-state index contributed by atoms with van der Waals surface area (Å²) in [6.07, 6.45) is -8.93. The Hall–Kier alpha value is -1.20. The van der Waals surface area contributed by atoms with Gasteiger partial charge in [-0.1, -0.05) is 13.8 Å². The summed E-state index contributed by atoms with van der Waals surface area (Å²) in [6.45, 7) is 3.65.